The van der Waals surface area contributed by atoms with Crippen LogP contribution < -0.4 is 0 Å². The van der Waals surface area contributed by atoms with E-state index in [1.165, 1.54) is 0 Å². The molecule has 0 aliphatic carbocycles. The Morgan fingerprint density at radius 1 is 0.769 bits per heavy atom. The lowest BCUT2D eigenvalue weighted by Crippen LogP contribution is -2.23. The lowest BCUT2D eigenvalue weighted by Gasteiger charge is -2.19. The highest BCUT2D eigenvalue weighted by Gasteiger charge is 2.16. The molecule has 1 unspecified atom stereocenters. The number of hydrogen-bond donors (Lipinski definition) is 0. The molecule has 1 atom stereocenters. The molecule has 0 N–H and O–H groups in total. The van der Waals surface area contributed by atoms with Gasteiger partial charge in [-0.2, -0.15) is 0 Å². The van der Waals surface area contributed by atoms with Crippen molar-refractivity contribution in [3.05, 3.63) is 31.2 Å². The van der Waals surface area contributed by atoms with E-state index in [1.807, 2.05) is 19.0 Å². The summed E-state index contributed by atoms with van der Waals surface area (Å²) in [4.78, 5) is 26.2. The van der Waals surface area contributed by atoms with Gasteiger partial charge >= 0.3 is 12.1 Å². The van der Waals surface area contributed by atoms with Crippen molar-refractivity contribution in [2.75, 3.05) is 47.1 Å². The molecule has 0 aliphatic heterocycles. The van der Waals surface area contributed by atoms with Crippen LogP contribution in [0.2, 0.25) is 0 Å². The summed E-state index contributed by atoms with van der Waals surface area (Å²) >= 11 is 0. The second kappa shape index (κ2) is 27.7. The van der Waals surface area contributed by atoms with Gasteiger partial charge in [-0.05, 0) is 85.2 Å². The fourth-order valence-electron chi connectivity index (χ4n) is 3.52. The first-order valence-corrected chi connectivity index (χ1v) is 14.9. The smallest absolute Gasteiger partial charge is 0.466 e. The molecule has 0 aromatic rings. The molecule has 0 aromatic carbocycles. The fraction of sp³-hybridized carbons (Fsp3) is 0.774. The standard InChI is InChI=1S/C31H56NO7/c1-6-9-11-13-15-17-24-36-30(37-25-18-16-14-12-10-7-2)21-20-29(33)35-27-22-28(8-3)39-31(34)38-26-19-23-32(4)5/h9-12,28,30H,3,6-8,13-27H2,1-2,4-5H3/b11-9-,12-10-. The number of ether oxygens (including phenoxy) is 5. The van der Waals surface area contributed by atoms with Gasteiger partial charge in [-0.25, -0.2) is 4.79 Å². The third-order valence-electron chi connectivity index (χ3n) is 5.78. The highest BCUT2D eigenvalue weighted by molar-refractivity contribution is 5.69. The molecule has 0 fully saturated rings. The number of allylic oxidation sites excluding steroid dienone is 4. The van der Waals surface area contributed by atoms with Gasteiger partial charge in [-0.15, -0.1) is 0 Å². The maximum Gasteiger partial charge on any atom is 0.508 e. The second-order valence-electron chi connectivity index (χ2n) is 9.75. The number of esters is 1. The van der Waals surface area contributed by atoms with Crippen LogP contribution in [0.3, 0.4) is 0 Å². The summed E-state index contributed by atoms with van der Waals surface area (Å²) in [5.41, 5.74) is 0. The minimum atomic E-state index is -0.714. The highest BCUT2D eigenvalue weighted by Crippen LogP contribution is 2.11. The van der Waals surface area contributed by atoms with E-state index in [2.05, 4.69) is 45.1 Å². The maximum atomic E-state index is 12.3. The molecule has 0 rings (SSSR count). The number of carbonyl (C=O) groups is 2. The van der Waals surface area contributed by atoms with Gasteiger partial charge in [-0.3, -0.25) is 4.79 Å². The van der Waals surface area contributed by atoms with Crippen molar-refractivity contribution < 1.29 is 33.3 Å². The summed E-state index contributed by atoms with van der Waals surface area (Å²) in [5.74, 6) is -0.323. The Kier molecular flexibility index (Phi) is 26.3. The van der Waals surface area contributed by atoms with Crippen LogP contribution in [0.1, 0.15) is 97.3 Å². The molecule has 0 bridgehead atoms. The zero-order valence-corrected chi connectivity index (χ0v) is 25.2. The third kappa shape index (κ3) is 26.1. The molecule has 39 heavy (non-hydrogen) atoms. The van der Waals surface area contributed by atoms with Crippen molar-refractivity contribution in [2.24, 2.45) is 0 Å². The summed E-state index contributed by atoms with van der Waals surface area (Å²) in [6.45, 7) is 10.5. The topological polar surface area (TPSA) is 83.5 Å². The Morgan fingerprint density at radius 3 is 1.92 bits per heavy atom. The van der Waals surface area contributed by atoms with E-state index in [9.17, 15) is 9.59 Å². The molecule has 8 nitrogen and oxygen atoms in total. The SMILES string of the molecule is [CH2]CC(CCOC(=O)CCC(OCCCC/C=C\CC)OCCCC/C=C\CC)OC(=O)OCCCN(C)C. The number of carbonyl (C=O) groups excluding carboxylic acids is 2. The van der Waals surface area contributed by atoms with E-state index in [1.54, 1.807) is 0 Å². The average molecular weight is 555 g/mol. The lowest BCUT2D eigenvalue weighted by atomic mass is 10.2. The Hall–Kier alpha value is -1.90. The van der Waals surface area contributed by atoms with Crippen LogP contribution in [0.15, 0.2) is 24.3 Å². The minimum Gasteiger partial charge on any atom is -0.466 e. The minimum absolute atomic E-state index is 0.149. The quantitative estimate of drug-likeness (QED) is 0.0488. The molecule has 0 amide bonds. The summed E-state index contributed by atoms with van der Waals surface area (Å²) < 4.78 is 27.6. The van der Waals surface area contributed by atoms with Gasteiger partial charge < -0.3 is 28.6 Å². The lowest BCUT2D eigenvalue weighted by molar-refractivity contribution is -0.159. The molecular formula is C31H56NO7. The predicted molar refractivity (Wildman–Crippen MR) is 156 cm³/mol. The van der Waals surface area contributed by atoms with Crippen LogP contribution in [0, 0.1) is 6.92 Å². The molecule has 0 heterocycles. The molecule has 0 aromatic heterocycles. The molecule has 0 saturated heterocycles. The molecule has 0 saturated carbocycles. The summed E-state index contributed by atoms with van der Waals surface area (Å²) in [5, 5.41) is 0. The normalized spacial score (nSPS) is 12.6. The first-order chi connectivity index (χ1) is 18.9. The van der Waals surface area contributed by atoms with Crippen LogP contribution >= 0.6 is 0 Å². The first-order valence-electron chi connectivity index (χ1n) is 14.9. The molecular weight excluding hydrogens is 498 g/mol. The van der Waals surface area contributed by atoms with Crippen molar-refractivity contribution in [3.63, 3.8) is 0 Å². The zero-order valence-electron chi connectivity index (χ0n) is 25.2. The monoisotopic (exact) mass is 554 g/mol. The van der Waals surface area contributed by atoms with Crippen molar-refractivity contribution in [1.82, 2.24) is 4.90 Å². The van der Waals surface area contributed by atoms with Crippen LogP contribution in [0.5, 0.6) is 0 Å². The second-order valence-corrected chi connectivity index (χ2v) is 9.75. The predicted octanol–water partition coefficient (Wildman–Crippen LogP) is 7.03. The van der Waals surface area contributed by atoms with E-state index in [0.29, 0.717) is 39.1 Å². The number of hydrogen-bond acceptors (Lipinski definition) is 8. The van der Waals surface area contributed by atoms with Gasteiger partial charge in [0.05, 0.1) is 19.6 Å². The van der Waals surface area contributed by atoms with E-state index in [0.717, 1.165) is 64.3 Å². The highest BCUT2D eigenvalue weighted by atomic mass is 16.7. The molecule has 227 valence electrons. The van der Waals surface area contributed by atoms with Gasteiger partial charge in [0.1, 0.15) is 6.10 Å². The van der Waals surface area contributed by atoms with Crippen LogP contribution in [0.25, 0.3) is 0 Å². The van der Waals surface area contributed by atoms with E-state index in [-0.39, 0.29) is 19.0 Å². The molecule has 0 aliphatic rings. The van der Waals surface area contributed by atoms with Crippen molar-refractivity contribution in [2.45, 2.75) is 110 Å². The molecule has 0 spiro atoms. The van der Waals surface area contributed by atoms with E-state index < -0.39 is 18.5 Å². The van der Waals surface area contributed by atoms with E-state index >= 15 is 0 Å². The number of nitrogens with zero attached hydrogens (tertiary/aromatic N) is 1. The summed E-state index contributed by atoms with van der Waals surface area (Å²) in [6, 6.07) is 0. The Balaban J connectivity index is 4.32. The van der Waals surface area contributed by atoms with Gasteiger partial charge in [-0.1, -0.05) is 38.2 Å². The van der Waals surface area contributed by atoms with Gasteiger partial charge in [0, 0.05) is 32.6 Å². The molecule has 1 radical (unpaired) electrons. The third-order valence-corrected chi connectivity index (χ3v) is 5.78. The largest absolute Gasteiger partial charge is 0.508 e. The van der Waals surface area contributed by atoms with Crippen LogP contribution in [-0.2, 0) is 28.5 Å². The summed E-state index contributed by atoms with van der Waals surface area (Å²) in [7, 11) is 3.92. The Morgan fingerprint density at radius 2 is 1.38 bits per heavy atom. The van der Waals surface area contributed by atoms with Crippen molar-refractivity contribution in [3.8, 4) is 0 Å². The van der Waals surface area contributed by atoms with E-state index in [4.69, 9.17) is 23.7 Å². The first kappa shape index (κ1) is 37.1. The zero-order chi connectivity index (χ0) is 29.0. The molecule has 8 heteroatoms. The average Bonchev–Trinajstić information content (AvgIpc) is 2.91. The fourth-order valence-corrected chi connectivity index (χ4v) is 3.52. The number of rotatable bonds is 26. The van der Waals surface area contributed by atoms with Crippen molar-refractivity contribution in [1.29, 1.82) is 0 Å². The Labute approximate surface area is 238 Å². The van der Waals surface area contributed by atoms with Gasteiger partial charge in [0.15, 0.2) is 6.29 Å². The van der Waals surface area contributed by atoms with Crippen molar-refractivity contribution >= 4 is 12.1 Å². The number of unbranched alkanes of at least 4 members (excludes halogenated alkanes) is 4. The van der Waals surface area contributed by atoms with Gasteiger partial charge in [0.25, 0.3) is 0 Å². The van der Waals surface area contributed by atoms with Crippen LogP contribution in [-0.4, -0.2) is 76.5 Å². The maximum absolute atomic E-state index is 12.3. The van der Waals surface area contributed by atoms with Gasteiger partial charge in [0.2, 0.25) is 0 Å². The summed E-state index contributed by atoms with van der Waals surface area (Å²) in [6.07, 6.45) is 17.5. The Bertz CT molecular complexity index is 612. The van der Waals surface area contributed by atoms with Crippen LogP contribution in [0.4, 0.5) is 4.79 Å².